The Morgan fingerprint density at radius 3 is 2.33 bits per heavy atom. The first-order valence-electron chi connectivity index (χ1n) is 5.51. The number of aliphatic hydroxyl groups excluding tert-OH is 1. The van der Waals surface area contributed by atoms with E-state index in [0.717, 1.165) is 6.26 Å². The van der Waals surface area contributed by atoms with Crippen molar-refractivity contribution >= 4 is 15.7 Å². The van der Waals surface area contributed by atoms with Crippen molar-refractivity contribution in [1.29, 1.82) is 0 Å². The molecule has 0 saturated carbocycles. The second kappa shape index (κ2) is 5.97. The van der Waals surface area contributed by atoms with Gasteiger partial charge in [-0.2, -0.15) is 0 Å². The van der Waals surface area contributed by atoms with Gasteiger partial charge in [0.15, 0.2) is 9.84 Å². The maximum atomic E-state index is 11.6. The molecule has 0 spiro atoms. The lowest BCUT2D eigenvalue weighted by molar-refractivity contribution is 0.0924. The predicted molar refractivity (Wildman–Crippen MR) is 69.0 cm³/mol. The summed E-state index contributed by atoms with van der Waals surface area (Å²) >= 11 is 0. The van der Waals surface area contributed by atoms with Crippen LogP contribution in [0.1, 0.15) is 22.8 Å². The summed E-state index contributed by atoms with van der Waals surface area (Å²) in [5, 5.41) is 11.6. The van der Waals surface area contributed by atoms with E-state index in [9.17, 15) is 13.2 Å². The molecule has 0 unspecified atom stereocenters. The van der Waals surface area contributed by atoms with Crippen molar-refractivity contribution in [3.8, 4) is 0 Å². The van der Waals surface area contributed by atoms with E-state index in [1.165, 1.54) is 0 Å². The number of carbonyl (C=O) groups excluding carboxylic acids is 1. The van der Waals surface area contributed by atoms with Crippen LogP contribution in [-0.2, 0) is 15.6 Å². The Morgan fingerprint density at radius 2 is 1.89 bits per heavy atom. The number of carbonyl (C=O) groups is 1. The summed E-state index contributed by atoms with van der Waals surface area (Å²) in [6.07, 6.45) is 0.564. The van der Waals surface area contributed by atoms with Crippen LogP contribution in [0.2, 0.25) is 0 Å². The zero-order valence-corrected chi connectivity index (χ0v) is 11.2. The molecular formula is C12H17NO4S. The maximum Gasteiger partial charge on any atom is 0.251 e. The molecule has 2 N–H and O–H groups in total. The number of hydrogen-bond acceptors (Lipinski definition) is 4. The number of hydrogen-bond donors (Lipinski definition) is 2. The highest BCUT2D eigenvalue weighted by atomic mass is 32.2. The first kappa shape index (κ1) is 14.7. The lowest BCUT2D eigenvalue weighted by Gasteiger charge is -2.07. The van der Waals surface area contributed by atoms with Crippen LogP contribution in [0.4, 0.5) is 0 Å². The molecule has 6 heteroatoms. The van der Waals surface area contributed by atoms with Gasteiger partial charge in [0.25, 0.3) is 5.91 Å². The van der Waals surface area contributed by atoms with Crippen molar-refractivity contribution in [2.75, 3.05) is 12.8 Å². The minimum atomic E-state index is -3.07. The van der Waals surface area contributed by atoms with Crippen LogP contribution in [0.3, 0.4) is 0 Å². The Morgan fingerprint density at radius 1 is 1.33 bits per heavy atom. The molecule has 0 saturated heterocycles. The summed E-state index contributed by atoms with van der Waals surface area (Å²) in [4.78, 5) is 11.6. The largest absolute Gasteiger partial charge is 0.392 e. The van der Waals surface area contributed by atoms with Gasteiger partial charge >= 0.3 is 0 Å². The van der Waals surface area contributed by atoms with Crippen molar-refractivity contribution < 1.29 is 18.3 Å². The van der Waals surface area contributed by atoms with Crippen molar-refractivity contribution in [3.05, 3.63) is 35.4 Å². The van der Waals surface area contributed by atoms with Gasteiger partial charge in [0.1, 0.15) is 0 Å². The molecular weight excluding hydrogens is 254 g/mol. The normalized spacial score (nSPS) is 13.1. The summed E-state index contributed by atoms with van der Waals surface area (Å²) in [6, 6.07) is 6.35. The van der Waals surface area contributed by atoms with Gasteiger partial charge in [0.2, 0.25) is 0 Å². The second-order valence-electron chi connectivity index (χ2n) is 4.33. The average Bonchev–Trinajstić information content (AvgIpc) is 2.24. The van der Waals surface area contributed by atoms with Crippen LogP contribution in [-0.4, -0.2) is 38.3 Å². The van der Waals surface area contributed by atoms with Crippen LogP contribution < -0.4 is 5.32 Å². The minimum Gasteiger partial charge on any atom is -0.392 e. The van der Waals surface area contributed by atoms with Crippen molar-refractivity contribution in [1.82, 2.24) is 5.32 Å². The van der Waals surface area contributed by atoms with Crippen molar-refractivity contribution in [2.45, 2.75) is 18.8 Å². The van der Waals surface area contributed by atoms with Gasteiger partial charge in [0.05, 0.1) is 11.9 Å². The van der Waals surface area contributed by atoms with E-state index < -0.39 is 15.9 Å². The lowest BCUT2D eigenvalue weighted by Crippen LogP contribution is -2.30. The predicted octanol–water partition coefficient (Wildman–Crippen LogP) is 0.342. The Bertz CT molecular complexity index is 505. The SMILES string of the molecule is C[C@H](O)CNC(=O)c1ccc(CS(C)(=O)=O)cc1. The molecule has 0 bridgehead atoms. The molecule has 100 valence electrons. The van der Waals surface area contributed by atoms with Gasteiger partial charge in [0, 0.05) is 18.4 Å². The quantitative estimate of drug-likeness (QED) is 0.809. The van der Waals surface area contributed by atoms with Crippen molar-refractivity contribution in [2.24, 2.45) is 0 Å². The van der Waals surface area contributed by atoms with E-state index in [0.29, 0.717) is 11.1 Å². The Kier molecular flexibility index (Phi) is 4.86. The van der Waals surface area contributed by atoms with E-state index in [2.05, 4.69) is 5.32 Å². The average molecular weight is 271 g/mol. The van der Waals surface area contributed by atoms with Crippen LogP contribution in [0, 0.1) is 0 Å². The monoisotopic (exact) mass is 271 g/mol. The summed E-state index contributed by atoms with van der Waals surface area (Å²) < 4.78 is 22.2. The van der Waals surface area contributed by atoms with Gasteiger partial charge in [-0.05, 0) is 24.6 Å². The third-order valence-corrected chi connectivity index (χ3v) is 3.06. The Labute approximate surface area is 107 Å². The molecule has 0 aliphatic carbocycles. The van der Waals surface area contributed by atoms with Gasteiger partial charge in [-0.25, -0.2) is 8.42 Å². The molecule has 5 nitrogen and oxygen atoms in total. The summed E-state index contributed by atoms with van der Waals surface area (Å²) in [5.74, 6) is -0.329. The maximum absolute atomic E-state index is 11.6. The first-order valence-corrected chi connectivity index (χ1v) is 7.57. The van der Waals surface area contributed by atoms with Crippen LogP contribution in [0.25, 0.3) is 0 Å². The smallest absolute Gasteiger partial charge is 0.251 e. The fourth-order valence-corrected chi connectivity index (χ4v) is 2.20. The fraction of sp³-hybridized carbons (Fsp3) is 0.417. The van der Waals surface area contributed by atoms with E-state index >= 15 is 0 Å². The van der Waals surface area contributed by atoms with E-state index in [1.54, 1.807) is 31.2 Å². The summed E-state index contributed by atoms with van der Waals surface area (Å²) in [6.45, 7) is 1.76. The number of sulfone groups is 1. The highest BCUT2D eigenvalue weighted by Crippen LogP contribution is 2.07. The van der Waals surface area contributed by atoms with Crippen LogP contribution >= 0.6 is 0 Å². The zero-order chi connectivity index (χ0) is 13.8. The van der Waals surface area contributed by atoms with Gasteiger partial charge in [-0.3, -0.25) is 4.79 Å². The first-order chi connectivity index (χ1) is 8.28. The third-order valence-electron chi connectivity index (χ3n) is 2.20. The molecule has 18 heavy (non-hydrogen) atoms. The topological polar surface area (TPSA) is 83.5 Å². The number of nitrogens with one attached hydrogen (secondary N) is 1. The lowest BCUT2D eigenvalue weighted by atomic mass is 10.1. The number of rotatable bonds is 5. The number of amides is 1. The van der Waals surface area contributed by atoms with Crippen LogP contribution in [0.5, 0.6) is 0 Å². The molecule has 0 aromatic heterocycles. The Hall–Kier alpha value is -1.40. The molecule has 0 fully saturated rings. The van der Waals surface area contributed by atoms with Gasteiger partial charge < -0.3 is 10.4 Å². The molecule has 1 aromatic rings. The minimum absolute atomic E-state index is 0.0391. The molecule has 1 rings (SSSR count). The highest BCUT2D eigenvalue weighted by Gasteiger charge is 2.08. The third kappa shape index (κ3) is 5.29. The summed E-state index contributed by atoms with van der Waals surface area (Å²) in [5.41, 5.74) is 1.08. The van der Waals surface area contributed by atoms with Gasteiger partial charge in [-0.15, -0.1) is 0 Å². The van der Waals surface area contributed by atoms with E-state index in [-0.39, 0.29) is 18.2 Å². The van der Waals surface area contributed by atoms with Crippen molar-refractivity contribution in [3.63, 3.8) is 0 Å². The standard InChI is InChI=1S/C12H17NO4S/c1-9(14)7-13-12(15)11-5-3-10(4-6-11)8-18(2,16)17/h3-6,9,14H,7-8H2,1-2H3,(H,13,15)/t9-/m0/s1. The molecule has 0 radical (unpaired) electrons. The highest BCUT2D eigenvalue weighted by molar-refractivity contribution is 7.89. The molecule has 1 atom stereocenters. The zero-order valence-electron chi connectivity index (χ0n) is 10.4. The molecule has 0 aliphatic rings. The molecule has 1 amide bonds. The Balaban J connectivity index is 2.68. The van der Waals surface area contributed by atoms with E-state index in [1.807, 2.05) is 0 Å². The molecule has 0 heterocycles. The number of aliphatic hydroxyl groups is 1. The second-order valence-corrected chi connectivity index (χ2v) is 6.47. The molecule has 0 aliphatic heterocycles. The van der Waals surface area contributed by atoms with Crippen LogP contribution in [0.15, 0.2) is 24.3 Å². The number of benzene rings is 1. The van der Waals surface area contributed by atoms with Gasteiger partial charge in [-0.1, -0.05) is 12.1 Å². The fourth-order valence-electron chi connectivity index (χ4n) is 1.40. The summed E-state index contributed by atoms with van der Waals surface area (Å²) in [7, 11) is -3.07. The molecule has 1 aromatic carbocycles. The van der Waals surface area contributed by atoms with E-state index in [4.69, 9.17) is 5.11 Å².